The van der Waals surface area contributed by atoms with E-state index in [2.05, 4.69) is 0 Å². The maximum absolute atomic E-state index is 12.2. The van der Waals surface area contributed by atoms with Crippen molar-refractivity contribution in [2.75, 3.05) is 31.1 Å². The van der Waals surface area contributed by atoms with E-state index in [9.17, 15) is 14.9 Å². The van der Waals surface area contributed by atoms with Gasteiger partial charge in [0.25, 0.3) is 5.69 Å². The van der Waals surface area contributed by atoms with Crippen molar-refractivity contribution in [3.05, 3.63) is 62.8 Å². The zero-order valence-corrected chi connectivity index (χ0v) is 13.8. The SMILES string of the molecule is O=C(/C=C/c1ccsc1)N1CCN(c2ccccc2[N+](=O)[O-])CC1. The molecule has 0 atom stereocenters. The summed E-state index contributed by atoms with van der Waals surface area (Å²) in [5.74, 6) is -0.0246. The Morgan fingerprint density at radius 3 is 2.58 bits per heavy atom. The van der Waals surface area contributed by atoms with Crippen molar-refractivity contribution < 1.29 is 9.72 Å². The molecule has 0 radical (unpaired) electrons. The van der Waals surface area contributed by atoms with Gasteiger partial charge in [-0.25, -0.2) is 0 Å². The lowest BCUT2D eigenvalue weighted by Crippen LogP contribution is -2.48. The summed E-state index contributed by atoms with van der Waals surface area (Å²) in [5, 5.41) is 15.1. The molecule has 3 rings (SSSR count). The fraction of sp³-hybridized carbons (Fsp3) is 0.235. The third-order valence-electron chi connectivity index (χ3n) is 3.97. The van der Waals surface area contributed by atoms with Crippen LogP contribution in [-0.2, 0) is 4.79 Å². The molecule has 24 heavy (non-hydrogen) atoms. The number of rotatable bonds is 4. The summed E-state index contributed by atoms with van der Waals surface area (Å²) in [4.78, 5) is 26.7. The number of amides is 1. The highest BCUT2D eigenvalue weighted by Crippen LogP contribution is 2.28. The van der Waals surface area contributed by atoms with Crippen LogP contribution in [-0.4, -0.2) is 41.9 Å². The number of piperazine rings is 1. The predicted molar refractivity (Wildman–Crippen MR) is 95.2 cm³/mol. The number of nitro benzene ring substituents is 1. The van der Waals surface area contributed by atoms with Crippen LogP contribution in [0.3, 0.4) is 0 Å². The minimum atomic E-state index is -0.365. The molecule has 1 aliphatic rings. The Kier molecular flexibility index (Phi) is 4.90. The third kappa shape index (κ3) is 3.62. The Balaban J connectivity index is 1.62. The number of benzene rings is 1. The van der Waals surface area contributed by atoms with Crippen LogP contribution in [0, 0.1) is 10.1 Å². The van der Waals surface area contributed by atoms with Crippen molar-refractivity contribution in [3.8, 4) is 0 Å². The summed E-state index contributed by atoms with van der Waals surface area (Å²) in [6, 6.07) is 8.68. The number of hydrogen-bond donors (Lipinski definition) is 0. The van der Waals surface area contributed by atoms with Gasteiger partial charge in [0.1, 0.15) is 5.69 Å². The Morgan fingerprint density at radius 1 is 1.17 bits per heavy atom. The van der Waals surface area contributed by atoms with Crippen LogP contribution in [0.2, 0.25) is 0 Å². The number of carbonyl (C=O) groups is 1. The largest absolute Gasteiger partial charge is 0.362 e. The molecule has 0 unspecified atom stereocenters. The van der Waals surface area contributed by atoms with Crippen molar-refractivity contribution in [2.45, 2.75) is 0 Å². The molecule has 1 aromatic carbocycles. The molecule has 7 heteroatoms. The van der Waals surface area contributed by atoms with Crippen LogP contribution in [0.5, 0.6) is 0 Å². The van der Waals surface area contributed by atoms with E-state index in [1.54, 1.807) is 40.5 Å². The van der Waals surface area contributed by atoms with E-state index in [1.165, 1.54) is 6.07 Å². The lowest BCUT2D eigenvalue weighted by atomic mass is 10.2. The predicted octanol–water partition coefficient (Wildman–Crippen LogP) is 3.02. The Bertz CT molecular complexity index is 750. The average Bonchev–Trinajstić information content (AvgIpc) is 3.13. The highest BCUT2D eigenvalue weighted by molar-refractivity contribution is 7.08. The summed E-state index contributed by atoms with van der Waals surface area (Å²) < 4.78 is 0. The van der Waals surface area contributed by atoms with Gasteiger partial charge in [0.15, 0.2) is 0 Å². The summed E-state index contributed by atoms with van der Waals surface area (Å²) in [7, 11) is 0. The summed E-state index contributed by atoms with van der Waals surface area (Å²) in [6.07, 6.45) is 3.40. The molecule has 1 aliphatic heterocycles. The van der Waals surface area contributed by atoms with Gasteiger partial charge in [-0.1, -0.05) is 12.1 Å². The van der Waals surface area contributed by atoms with E-state index in [0.717, 1.165) is 5.56 Å². The van der Waals surface area contributed by atoms with Gasteiger partial charge in [-0.05, 0) is 34.5 Å². The smallest absolute Gasteiger partial charge is 0.292 e. The van der Waals surface area contributed by atoms with Crippen LogP contribution >= 0.6 is 11.3 Å². The molecule has 1 saturated heterocycles. The monoisotopic (exact) mass is 343 g/mol. The lowest BCUT2D eigenvalue weighted by molar-refractivity contribution is -0.384. The maximum atomic E-state index is 12.2. The number of nitrogens with zero attached hydrogens (tertiary/aromatic N) is 3. The number of thiophene rings is 1. The Morgan fingerprint density at radius 2 is 1.92 bits per heavy atom. The summed E-state index contributed by atoms with van der Waals surface area (Å²) >= 11 is 1.59. The van der Waals surface area contributed by atoms with E-state index in [4.69, 9.17) is 0 Å². The van der Waals surface area contributed by atoms with E-state index in [1.807, 2.05) is 27.8 Å². The zero-order chi connectivity index (χ0) is 16.9. The first kappa shape index (κ1) is 16.2. The first-order valence-electron chi connectivity index (χ1n) is 7.63. The minimum absolute atomic E-state index is 0.0246. The first-order chi connectivity index (χ1) is 11.6. The summed E-state index contributed by atoms with van der Waals surface area (Å²) in [6.45, 7) is 2.28. The standard InChI is InChI=1S/C17H17N3O3S/c21-17(6-5-14-7-12-24-13-14)19-10-8-18(9-11-19)15-3-1-2-4-16(15)20(22)23/h1-7,12-13H,8-11H2/b6-5+. The van der Waals surface area contributed by atoms with Crippen molar-refractivity contribution in [1.29, 1.82) is 0 Å². The molecular weight excluding hydrogens is 326 g/mol. The van der Waals surface area contributed by atoms with E-state index in [0.29, 0.717) is 31.9 Å². The molecule has 0 spiro atoms. The quantitative estimate of drug-likeness (QED) is 0.486. The Labute approximate surface area is 143 Å². The van der Waals surface area contributed by atoms with Gasteiger partial charge in [0.05, 0.1) is 4.92 Å². The molecule has 0 saturated carbocycles. The molecule has 2 aromatic rings. The normalized spacial score (nSPS) is 15.0. The molecule has 0 aliphatic carbocycles. The van der Waals surface area contributed by atoms with Gasteiger partial charge >= 0.3 is 0 Å². The highest BCUT2D eigenvalue weighted by atomic mass is 32.1. The van der Waals surface area contributed by atoms with Crippen molar-refractivity contribution in [2.24, 2.45) is 0 Å². The highest BCUT2D eigenvalue weighted by Gasteiger charge is 2.24. The van der Waals surface area contributed by atoms with Crippen LogP contribution < -0.4 is 4.90 Å². The fourth-order valence-corrected chi connectivity index (χ4v) is 3.32. The maximum Gasteiger partial charge on any atom is 0.292 e. The molecule has 0 bridgehead atoms. The topological polar surface area (TPSA) is 66.7 Å². The third-order valence-corrected chi connectivity index (χ3v) is 4.67. The molecular formula is C17H17N3O3S. The number of nitro groups is 1. The second-order valence-corrected chi connectivity index (χ2v) is 6.23. The average molecular weight is 343 g/mol. The van der Waals surface area contributed by atoms with Crippen molar-refractivity contribution in [1.82, 2.24) is 4.90 Å². The van der Waals surface area contributed by atoms with Gasteiger partial charge in [-0.15, -0.1) is 0 Å². The van der Waals surface area contributed by atoms with Crippen LogP contribution in [0.4, 0.5) is 11.4 Å². The van der Waals surface area contributed by atoms with Crippen LogP contribution in [0.1, 0.15) is 5.56 Å². The second kappa shape index (κ2) is 7.27. The lowest BCUT2D eigenvalue weighted by Gasteiger charge is -2.35. The first-order valence-corrected chi connectivity index (χ1v) is 8.57. The number of hydrogen-bond acceptors (Lipinski definition) is 5. The molecule has 124 valence electrons. The number of anilines is 1. The molecule has 2 heterocycles. The molecule has 6 nitrogen and oxygen atoms in total. The molecule has 1 aromatic heterocycles. The van der Waals surface area contributed by atoms with Gasteiger partial charge in [-0.3, -0.25) is 14.9 Å². The number of carbonyl (C=O) groups excluding carboxylic acids is 1. The molecule has 1 fully saturated rings. The fourth-order valence-electron chi connectivity index (χ4n) is 2.70. The number of para-hydroxylation sites is 2. The minimum Gasteiger partial charge on any atom is -0.362 e. The van der Waals surface area contributed by atoms with Gasteiger partial charge in [0.2, 0.25) is 5.91 Å². The van der Waals surface area contributed by atoms with Gasteiger partial charge < -0.3 is 9.80 Å². The van der Waals surface area contributed by atoms with E-state index < -0.39 is 0 Å². The molecule has 0 N–H and O–H groups in total. The van der Waals surface area contributed by atoms with Crippen LogP contribution in [0.15, 0.2) is 47.2 Å². The van der Waals surface area contributed by atoms with Gasteiger partial charge in [-0.2, -0.15) is 11.3 Å². The van der Waals surface area contributed by atoms with Crippen LogP contribution in [0.25, 0.3) is 6.08 Å². The summed E-state index contributed by atoms with van der Waals surface area (Å²) in [5.41, 5.74) is 1.74. The van der Waals surface area contributed by atoms with Crippen molar-refractivity contribution in [3.63, 3.8) is 0 Å². The Hall–Kier alpha value is -2.67. The zero-order valence-electron chi connectivity index (χ0n) is 13.0. The van der Waals surface area contributed by atoms with E-state index >= 15 is 0 Å². The van der Waals surface area contributed by atoms with Gasteiger partial charge in [0, 0.05) is 38.3 Å². The molecule has 1 amide bonds. The van der Waals surface area contributed by atoms with Crippen molar-refractivity contribution >= 4 is 34.7 Å². The van der Waals surface area contributed by atoms with E-state index in [-0.39, 0.29) is 16.5 Å². The second-order valence-electron chi connectivity index (χ2n) is 5.45.